The highest BCUT2D eigenvalue weighted by atomic mass is 35.5. The van der Waals surface area contributed by atoms with Crippen molar-refractivity contribution >= 4 is 35.1 Å². The maximum absolute atomic E-state index is 12.4. The molecular weight excluding hydrogens is 432 g/mol. The van der Waals surface area contributed by atoms with Crippen LogP contribution in [0, 0.1) is 11.3 Å². The molecule has 168 valence electrons. The summed E-state index contributed by atoms with van der Waals surface area (Å²) in [4.78, 5) is 26.3. The summed E-state index contributed by atoms with van der Waals surface area (Å²) in [5.74, 6) is 0. The highest BCUT2D eigenvalue weighted by Gasteiger charge is 2.29. The Balaban J connectivity index is 1.63. The minimum absolute atomic E-state index is 0.335. The number of hydrogen-bond donors (Lipinski definition) is 2. The van der Waals surface area contributed by atoms with Crippen LogP contribution in [-0.2, 0) is 9.47 Å². The van der Waals surface area contributed by atoms with Crippen molar-refractivity contribution in [3.05, 3.63) is 58.6 Å². The predicted octanol–water partition coefficient (Wildman–Crippen LogP) is 5.16. The fourth-order valence-electron chi connectivity index (χ4n) is 3.13. The molecule has 9 heteroatoms. The average molecular weight is 457 g/mol. The second-order valence-corrected chi connectivity index (χ2v) is 8.70. The van der Waals surface area contributed by atoms with Crippen LogP contribution in [0.3, 0.4) is 0 Å². The number of carbonyl (C=O) groups is 2. The summed E-state index contributed by atoms with van der Waals surface area (Å²) in [6.07, 6.45) is -0.738. The zero-order valence-corrected chi connectivity index (χ0v) is 18.9. The van der Waals surface area contributed by atoms with Crippen molar-refractivity contribution in [3.8, 4) is 6.07 Å². The first-order valence-corrected chi connectivity index (χ1v) is 10.5. The van der Waals surface area contributed by atoms with Crippen LogP contribution in [0.25, 0.3) is 0 Å². The number of urea groups is 1. The third kappa shape index (κ3) is 6.36. The zero-order valence-electron chi connectivity index (χ0n) is 18.1. The van der Waals surface area contributed by atoms with Gasteiger partial charge in [-0.1, -0.05) is 23.7 Å². The Labute approximate surface area is 192 Å². The van der Waals surface area contributed by atoms with Crippen LogP contribution in [0.2, 0.25) is 5.02 Å². The summed E-state index contributed by atoms with van der Waals surface area (Å²) in [7, 11) is 0. The monoisotopic (exact) mass is 456 g/mol. The number of anilines is 2. The zero-order chi connectivity index (χ0) is 23.3. The SMILES string of the molecule is CC(C)(C)OC(=O)N1CCOC(c2ccc(NC(=O)Nc3cccc(C#N)c3)c(Cl)c2)C1. The number of amides is 3. The molecule has 1 aliphatic rings. The molecule has 0 aliphatic carbocycles. The molecule has 0 saturated carbocycles. The number of nitrogens with one attached hydrogen (secondary N) is 2. The highest BCUT2D eigenvalue weighted by molar-refractivity contribution is 6.33. The molecule has 8 nitrogen and oxygen atoms in total. The molecule has 32 heavy (non-hydrogen) atoms. The second kappa shape index (κ2) is 9.90. The van der Waals surface area contributed by atoms with Crippen molar-refractivity contribution in [2.45, 2.75) is 32.5 Å². The standard InChI is InChI=1S/C23H25ClN4O4/c1-23(2,3)32-22(30)28-9-10-31-20(14-28)16-7-8-19(18(24)12-16)27-21(29)26-17-6-4-5-15(11-17)13-25/h4-8,11-12,20H,9-10,14H2,1-3H3,(H2,26,27,29). The van der Waals surface area contributed by atoms with Crippen LogP contribution in [0.15, 0.2) is 42.5 Å². The van der Waals surface area contributed by atoms with E-state index >= 15 is 0 Å². The van der Waals surface area contributed by atoms with Gasteiger partial charge in [-0.15, -0.1) is 0 Å². The Morgan fingerprint density at radius 1 is 1.22 bits per heavy atom. The summed E-state index contributed by atoms with van der Waals surface area (Å²) in [6, 6.07) is 13.3. The Hall–Kier alpha value is -3.28. The molecule has 1 fully saturated rings. The first-order chi connectivity index (χ1) is 15.1. The maximum atomic E-state index is 12.4. The lowest BCUT2D eigenvalue weighted by atomic mass is 10.1. The normalized spacial score (nSPS) is 16.1. The van der Waals surface area contributed by atoms with E-state index in [4.69, 9.17) is 26.3 Å². The van der Waals surface area contributed by atoms with Gasteiger partial charge in [-0.25, -0.2) is 9.59 Å². The van der Waals surface area contributed by atoms with E-state index in [1.54, 1.807) is 47.4 Å². The Morgan fingerprint density at radius 3 is 2.69 bits per heavy atom. The molecule has 1 saturated heterocycles. The number of halogens is 1. The van der Waals surface area contributed by atoms with Gasteiger partial charge in [-0.05, 0) is 56.7 Å². The molecule has 2 aromatic rings. The third-order valence-corrected chi connectivity index (χ3v) is 4.89. The van der Waals surface area contributed by atoms with E-state index in [2.05, 4.69) is 10.6 Å². The quantitative estimate of drug-likeness (QED) is 0.663. The summed E-state index contributed by atoms with van der Waals surface area (Å²) in [5, 5.41) is 14.7. The molecule has 0 radical (unpaired) electrons. The summed E-state index contributed by atoms with van der Waals surface area (Å²) < 4.78 is 11.3. The minimum atomic E-state index is -0.571. The Kier molecular flexibility index (Phi) is 7.23. The van der Waals surface area contributed by atoms with Gasteiger partial charge in [0, 0.05) is 12.2 Å². The smallest absolute Gasteiger partial charge is 0.410 e. The van der Waals surface area contributed by atoms with Gasteiger partial charge in [0.15, 0.2) is 0 Å². The lowest BCUT2D eigenvalue weighted by Gasteiger charge is -2.34. The van der Waals surface area contributed by atoms with Crippen LogP contribution < -0.4 is 10.6 Å². The van der Waals surface area contributed by atoms with Gasteiger partial charge in [0.05, 0.1) is 35.5 Å². The minimum Gasteiger partial charge on any atom is -0.444 e. The molecular formula is C23H25ClN4O4. The number of nitrogens with zero attached hydrogens (tertiary/aromatic N) is 2. The molecule has 1 aliphatic heterocycles. The third-order valence-electron chi connectivity index (χ3n) is 4.58. The molecule has 0 bridgehead atoms. The summed E-state index contributed by atoms with van der Waals surface area (Å²) in [6.45, 7) is 6.64. The number of carbonyl (C=O) groups excluding carboxylic acids is 2. The number of morpholine rings is 1. The largest absolute Gasteiger partial charge is 0.444 e. The van der Waals surface area contributed by atoms with Crippen LogP contribution in [0.1, 0.15) is 38.0 Å². The maximum Gasteiger partial charge on any atom is 0.410 e. The fourth-order valence-corrected chi connectivity index (χ4v) is 3.36. The van der Waals surface area contributed by atoms with Crippen LogP contribution in [0.4, 0.5) is 21.0 Å². The molecule has 3 amide bonds. The van der Waals surface area contributed by atoms with E-state index in [-0.39, 0.29) is 12.2 Å². The van der Waals surface area contributed by atoms with Gasteiger partial charge in [0.1, 0.15) is 11.7 Å². The second-order valence-electron chi connectivity index (χ2n) is 8.30. The van der Waals surface area contributed by atoms with Crippen LogP contribution in [0.5, 0.6) is 0 Å². The molecule has 1 atom stereocenters. The van der Waals surface area contributed by atoms with Crippen molar-refractivity contribution in [3.63, 3.8) is 0 Å². The number of ether oxygens (including phenoxy) is 2. The van der Waals surface area contributed by atoms with E-state index in [1.165, 1.54) is 0 Å². The number of hydrogen-bond acceptors (Lipinski definition) is 5. The van der Waals surface area contributed by atoms with Gasteiger partial charge in [-0.3, -0.25) is 0 Å². The van der Waals surface area contributed by atoms with Gasteiger partial charge < -0.3 is 25.0 Å². The summed E-state index contributed by atoms with van der Waals surface area (Å²) in [5.41, 5.74) is 1.57. The first-order valence-electron chi connectivity index (χ1n) is 10.1. The predicted molar refractivity (Wildman–Crippen MR) is 122 cm³/mol. The number of benzene rings is 2. The number of nitriles is 1. The first kappa shape index (κ1) is 23.4. The number of rotatable bonds is 3. The van der Waals surface area contributed by atoms with E-state index in [9.17, 15) is 9.59 Å². The average Bonchev–Trinajstić information content (AvgIpc) is 2.74. The van der Waals surface area contributed by atoms with Crippen molar-refractivity contribution in [1.82, 2.24) is 4.90 Å². The van der Waals surface area contributed by atoms with Gasteiger partial charge in [0.2, 0.25) is 0 Å². The van der Waals surface area contributed by atoms with Gasteiger partial charge >= 0.3 is 12.1 Å². The molecule has 2 aromatic carbocycles. The fraction of sp³-hybridized carbons (Fsp3) is 0.348. The van der Waals surface area contributed by atoms with Gasteiger partial charge in [0.25, 0.3) is 0 Å². The van der Waals surface area contributed by atoms with E-state index in [0.717, 1.165) is 5.56 Å². The summed E-state index contributed by atoms with van der Waals surface area (Å²) >= 11 is 6.38. The lowest BCUT2D eigenvalue weighted by Crippen LogP contribution is -2.44. The van der Waals surface area contributed by atoms with Crippen molar-refractivity contribution in [2.75, 3.05) is 30.3 Å². The van der Waals surface area contributed by atoms with Crippen molar-refractivity contribution < 1.29 is 19.1 Å². The topological polar surface area (TPSA) is 104 Å². The van der Waals surface area contributed by atoms with E-state index in [0.29, 0.717) is 41.7 Å². The van der Waals surface area contributed by atoms with Crippen LogP contribution in [-0.4, -0.2) is 42.3 Å². The molecule has 3 rings (SSSR count). The molecule has 1 heterocycles. The Bertz CT molecular complexity index is 1050. The van der Waals surface area contributed by atoms with Gasteiger partial charge in [-0.2, -0.15) is 5.26 Å². The molecule has 1 unspecified atom stereocenters. The molecule has 0 aromatic heterocycles. The van der Waals surface area contributed by atoms with Crippen molar-refractivity contribution in [1.29, 1.82) is 5.26 Å². The van der Waals surface area contributed by atoms with Crippen molar-refractivity contribution in [2.24, 2.45) is 0 Å². The van der Waals surface area contributed by atoms with E-state index < -0.39 is 11.6 Å². The van der Waals surface area contributed by atoms with E-state index in [1.807, 2.05) is 26.8 Å². The van der Waals surface area contributed by atoms with Crippen LogP contribution >= 0.6 is 11.6 Å². The Morgan fingerprint density at radius 2 is 2.00 bits per heavy atom. The molecule has 0 spiro atoms. The molecule has 2 N–H and O–H groups in total. The highest BCUT2D eigenvalue weighted by Crippen LogP contribution is 2.30. The lowest BCUT2D eigenvalue weighted by molar-refractivity contribution is -0.0432.